The van der Waals surface area contributed by atoms with Crippen molar-refractivity contribution in [2.24, 2.45) is 0 Å². The van der Waals surface area contributed by atoms with Crippen LogP contribution in [0.1, 0.15) is 41.3 Å². The largest absolute Gasteiger partial charge is 0.347 e. The SMILES string of the molecule is CCc1ccc(CNC(=O)c2cn(-c3ccc(-c4nc(CC)no4)cn3)cn2)cc1. The molecule has 8 nitrogen and oxygen atoms in total. The molecule has 0 fully saturated rings. The number of pyridine rings is 1. The third-order valence-electron chi connectivity index (χ3n) is 4.74. The van der Waals surface area contributed by atoms with Crippen molar-refractivity contribution in [3.8, 4) is 17.3 Å². The second-order valence-electron chi connectivity index (χ2n) is 6.79. The van der Waals surface area contributed by atoms with Gasteiger partial charge in [-0.2, -0.15) is 4.98 Å². The second kappa shape index (κ2) is 8.69. The van der Waals surface area contributed by atoms with E-state index in [-0.39, 0.29) is 5.91 Å². The minimum atomic E-state index is -0.233. The number of benzene rings is 1. The summed E-state index contributed by atoms with van der Waals surface area (Å²) < 4.78 is 6.92. The number of hydrogen-bond donors (Lipinski definition) is 1. The highest BCUT2D eigenvalue weighted by atomic mass is 16.5. The highest BCUT2D eigenvalue weighted by Crippen LogP contribution is 2.17. The lowest BCUT2D eigenvalue weighted by atomic mass is 10.1. The molecule has 3 heterocycles. The third-order valence-corrected chi connectivity index (χ3v) is 4.74. The zero-order valence-electron chi connectivity index (χ0n) is 16.9. The Labute approximate surface area is 174 Å². The molecule has 0 spiro atoms. The quantitative estimate of drug-likeness (QED) is 0.509. The smallest absolute Gasteiger partial charge is 0.271 e. The number of aryl methyl sites for hydroxylation is 2. The molecule has 8 heteroatoms. The first kappa shape index (κ1) is 19.5. The zero-order chi connectivity index (χ0) is 20.9. The van der Waals surface area contributed by atoms with Crippen LogP contribution in [0.3, 0.4) is 0 Å². The molecule has 4 rings (SSSR count). The average Bonchev–Trinajstić information content (AvgIpc) is 3.48. The molecular weight excluding hydrogens is 380 g/mol. The van der Waals surface area contributed by atoms with Gasteiger partial charge in [0.1, 0.15) is 17.8 Å². The third kappa shape index (κ3) is 4.27. The van der Waals surface area contributed by atoms with Crippen LogP contribution >= 0.6 is 0 Å². The van der Waals surface area contributed by atoms with Gasteiger partial charge in [-0.05, 0) is 29.7 Å². The topological polar surface area (TPSA) is 98.7 Å². The molecule has 0 atom stereocenters. The monoisotopic (exact) mass is 402 g/mol. The van der Waals surface area contributed by atoms with Crippen LogP contribution < -0.4 is 5.32 Å². The van der Waals surface area contributed by atoms with Crippen LogP contribution in [0.5, 0.6) is 0 Å². The molecule has 0 aliphatic heterocycles. The summed E-state index contributed by atoms with van der Waals surface area (Å²) in [5.74, 6) is 1.49. The number of rotatable bonds is 7. The Hall–Kier alpha value is -3.81. The van der Waals surface area contributed by atoms with Gasteiger partial charge >= 0.3 is 0 Å². The average molecular weight is 402 g/mol. The number of aromatic nitrogens is 5. The van der Waals surface area contributed by atoms with Crippen LogP contribution in [0, 0.1) is 0 Å². The van der Waals surface area contributed by atoms with Gasteiger partial charge in [0, 0.05) is 25.4 Å². The van der Waals surface area contributed by atoms with E-state index in [1.54, 1.807) is 23.3 Å². The van der Waals surface area contributed by atoms with Crippen molar-refractivity contribution in [3.05, 3.63) is 77.8 Å². The van der Waals surface area contributed by atoms with E-state index in [0.29, 0.717) is 36.2 Å². The van der Waals surface area contributed by atoms with Crippen molar-refractivity contribution in [1.82, 2.24) is 30.0 Å². The molecule has 1 amide bonds. The standard InChI is InChI=1S/C22H22N6O2/c1-3-15-5-7-16(8-6-15)11-24-21(29)18-13-28(14-25-18)20-10-9-17(12-23-20)22-26-19(4-2)27-30-22/h5-10,12-14H,3-4,11H2,1-2H3,(H,24,29). The predicted molar refractivity (Wildman–Crippen MR) is 111 cm³/mol. The van der Waals surface area contributed by atoms with Crippen LogP contribution in [0.25, 0.3) is 17.3 Å². The molecular formula is C22H22N6O2. The van der Waals surface area contributed by atoms with E-state index in [1.165, 1.54) is 5.56 Å². The molecule has 4 aromatic rings. The highest BCUT2D eigenvalue weighted by molar-refractivity contribution is 5.92. The van der Waals surface area contributed by atoms with Gasteiger partial charge in [-0.3, -0.25) is 9.36 Å². The summed E-state index contributed by atoms with van der Waals surface area (Å²) in [4.78, 5) is 25.3. The number of carbonyl (C=O) groups is 1. The normalized spacial score (nSPS) is 10.9. The maximum atomic E-state index is 12.4. The maximum absolute atomic E-state index is 12.4. The van der Waals surface area contributed by atoms with E-state index in [2.05, 4.69) is 44.5 Å². The maximum Gasteiger partial charge on any atom is 0.271 e. The Balaban J connectivity index is 1.40. The van der Waals surface area contributed by atoms with E-state index in [9.17, 15) is 4.79 Å². The molecule has 0 aliphatic carbocycles. The molecule has 1 aromatic carbocycles. The van der Waals surface area contributed by atoms with Gasteiger partial charge < -0.3 is 9.84 Å². The van der Waals surface area contributed by atoms with Crippen LogP contribution in [0.4, 0.5) is 0 Å². The fraction of sp³-hybridized carbons (Fsp3) is 0.227. The summed E-state index contributed by atoms with van der Waals surface area (Å²) in [5.41, 5.74) is 3.38. The summed E-state index contributed by atoms with van der Waals surface area (Å²) in [7, 11) is 0. The molecule has 0 aliphatic rings. The van der Waals surface area contributed by atoms with Gasteiger partial charge in [0.25, 0.3) is 11.8 Å². The second-order valence-corrected chi connectivity index (χ2v) is 6.79. The molecule has 30 heavy (non-hydrogen) atoms. The van der Waals surface area contributed by atoms with Crippen molar-refractivity contribution in [1.29, 1.82) is 0 Å². The lowest BCUT2D eigenvalue weighted by Gasteiger charge is -2.04. The van der Waals surface area contributed by atoms with E-state index in [4.69, 9.17) is 4.52 Å². The predicted octanol–water partition coefficient (Wildman–Crippen LogP) is 3.37. The van der Waals surface area contributed by atoms with E-state index in [1.807, 2.05) is 31.2 Å². The van der Waals surface area contributed by atoms with Crippen LogP contribution in [-0.4, -0.2) is 30.6 Å². The molecule has 1 N–H and O–H groups in total. The van der Waals surface area contributed by atoms with Gasteiger partial charge in [0.15, 0.2) is 5.82 Å². The number of amides is 1. The molecule has 0 unspecified atom stereocenters. The van der Waals surface area contributed by atoms with Gasteiger partial charge in [-0.15, -0.1) is 0 Å². The minimum Gasteiger partial charge on any atom is -0.347 e. The van der Waals surface area contributed by atoms with Gasteiger partial charge in [-0.25, -0.2) is 9.97 Å². The van der Waals surface area contributed by atoms with Gasteiger partial charge in [-0.1, -0.05) is 43.3 Å². The van der Waals surface area contributed by atoms with Crippen LogP contribution in [0.2, 0.25) is 0 Å². The van der Waals surface area contributed by atoms with Crippen molar-refractivity contribution >= 4 is 5.91 Å². The Bertz CT molecular complexity index is 1130. The van der Waals surface area contributed by atoms with E-state index < -0.39 is 0 Å². The summed E-state index contributed by atoms with van der Waals surface area (Å²) >= 11 is 0. The fourth-order valence-corrected chi connectivity index (χ4v) is 2.91. The Morgan fingerprint density at radius 2 is 1.83 bits per heavy atom. The first-order chi connectivity index (χ1) is 14.7. The highest BCUT2D eigenvalue weighted by Gasteiger charge is 2.12. The van der Waals surface area contributed by atoms with Gasteiger partial charge in [0.05, 0.1) is 5.56 Å². The zero-order valence-corrected chi connectivity index (χ0v) is 16.9. The van der Waals surface area contributed by atoms with Crippen molar-refractivity contribution in [2.45, 2.75) is 33.2 Å². The molecule has 152 valence electrons. The lowest BCUT2D eigenvalue weighted by Crippen LogP contribution is -2.23. The minimum absolute atomic E-state index is 0.233. The Morgan fingerprint density at radius 1 is 1.03 bits per heavy atom. The lowest BCUT2D eigenvalue weighted by molar-refractivity contribution is 0.0946. The summed E-state index contributed by atoms with van der Waals surface area (Å²) in [5, 5.41) is 6.78. The number of imidazole rings is 1. The Morgan fingerprint density at radius 3 is 2.50 bits per heavy atom. The Kier molecular flexibility index (Phi) is 5.65. The molecule has 0 saturated heterocycles. The van der Waals surface area contributed by atoms with Crippen molar-refractivity contribution in [2.75, 3.05) is 0 Å². The number of hydrogen-bond acceptors (Lipinski definition) is 6. The fourth-order valence-electron chi connectivity index (χ4n) is 2.91. The van der Waals surface area contributed by atoms with E-state index in [0.717, 1.165) is 17.5 Å². The van der Waals surface area contributed by atoms with E-state index >= 15 is 0 Å². The number of nitrogens with zero attached hydrogens (tertiary/aromatic N) is 5. The summed E-state index contributed by atoms with van der Waals surface area (Å²) in [6.45, 7) is 4.53. The van der Waals surface area contributed by atoms with Crippen molar-refractivity contribution in [3.63, 3.8) is 0 Å². The van der Waals surface area contributed by atoms with Crippen molar-refractivity contribution < 1.29 is 9.32 Å². The summed E-state index contributed by atoms with van der Waals surface area (Å²) in [6.07, 6.45) is 6.57. The summed E-state index contributed by atoms with van der Waals surface area (Å²) in [6, 6.07) is 11.8. The van der Waals surface area contributed by atoms with Crippen LogP contribution in [-0.2, 0) is 19.4 Å². The first-order valence-electron chi connectivity index (χ1n) is 9.85. The first-order valence-corrected chi connectivity index (χ1v) is 9.85. The number of carbonyl (C=O) groups excluding carboxylic acids is 1. The number of nitrogens with one attached hydrogen (secondary N) is 1. The molecule has 0 saturated carbocycles. The molecule has 0 bridgehead atoms. The van der Waals surface area contributed by atoms with Crippen LogP contribution in [0.15, 0.2) is 59.6 Å². The molecule has 3 aromatic heterocycles. The molecule has 0 radical (unpaired) electrons. The van der Waals surface area contributed by atoms with Gasteiger partial charge in [0.2, 0.25) is 0 Å².